The molecular formula is C31H46. The van der Waals surface area contributed by atoms with Crippen molar-refractivity contribution < 1.29 is 0 Å². The lowest BCUT2D eigenvalue weighted by atomic mass is 9.81. The van der Waals surface area contributed by atoms with E-state index in [1.54, 1.807) is 55.6 Å². The largest absolute Gasteiger partial charge is 0.0651 e. The number of rotatable bonds is 12. The Morgan fingerprint density at radius 2 is 0.774 bits per heavy atom. The van der Waals surface area contributed by atoms with Crippen molar-refractivity contribution in [2.24, 2.45) is 0 Å². The summed E-state index contributed by atoms with van der Waals surface area (Å²) < 4.78 is 0. The maximum absolute atomic E-state index is 2.62. The Bertz CT molecular complexity index is 810. The fourth-order valence-corrected chi connectivity index (χ4v) is 6.08. The first kappa shape index (κ1) is 24.1. The second kappa shape index (κ2) is 11.3. The van der Waals surface area contributed by atoms with E-state index in [0.29, 0.717) is 0 Å². The monoisotopic (exact) mass is 418 g/mol. The smallest absolute Gasteiger partial charge is 0.00130 e. The van der Waals surface area contributed by atoms with Gasteiger partial charge in [0.05, 0.1) is 0 Å². The Labute approximate surface area is 192 Å². The number of hydrogen-bond donors (Lipinski definition) is 0. The van der Waals surface area contributed by atoms with Gasteiger partial charge in [0.25, 0.3) is 0 Å². The summed E-state index contributed by atoms with van der Waals surface area (Å²) in [6.07, 6.45) is 16.1. The summed E-state index contributed by atoms with van der Waals surface area (Å²) in [5, 5.41) is 0. The van der Waals surface area contributed by atoms with Gasteiger partial charge in [-0.05, 0) is 101 Å². The number of fused-ring (bicyclic) bond motifs is 3. The van der Waals surface area contributed by atoms with Crippen LogP contribution in [0.3, 0.4) is 0 Å². The Morgan fingerprint density at radius 1 is 0.452 bits per heavy atom. The zero-order valence-electron chi connectivity index (χ0n) is 21.3. The molecule has 3 rings (SSSR count). The predicted molar refractivity (Wildman–Crippen MR) is 139 cm³/mol. The Kier molecular flexibility index (Phi) is 8.82. The minimum absolute atomic E-state index is 1.16. The van der Waals surface area contributed by atoms with Gasteiger partial charge in [-0.15, -0.1) is 0 Å². The first-order valence-electron chi connectivity index (χ1n) is 13.5. The van der Waals surface area contributed by atoms with E-state index >= 15 is 0 Å². The number of benzene rings is 2. The zero-order valence-corrected chi connectivity index (χ0v) is 21.3. The molecule has 0 amide bonds. The van der Waals surface area contributed by atoms with Crippen molar-refractivity contribution >= 4 is 0 Å². The Balaban J connectivity index is 2.34. The molecule has 2 aromatic carbocycles. The molecule has 0 heterocycles. The van der Waals surface area contributed by atoms with Crippen LogP contribution < -0.4 is 0 Å². The van der Waals surface area contributed by atoms with Crippen molar-refractivity contribution in [3.8, 4) is 11.1 Å². The second-order valence-electron chi connectivity index (χ2n) is 9.73. The Morgan fingerprint density at radius 3 is 1.10 bits per heavy atom. The van der Waals surface area contributed by atoms with Crippen molar-refractivity contribution in [2.75, 3.05) is 0 Å². The van der Waals surface area contributed by atoms with E-state index in [-0.39, 0.29) is 0 Å². The van der Waals surface area contributed by atoms with Gasteiger partial charge in [0.1, 0.15) is 0 Å². The predicted octanol–water partition coefficient (Wildman–Crippen LogP) is 8.97. The third-order valence-electron chi connectivity index (χ3n) is 7.12. The molecule has 0 bridgehead atoms. The fourth-order valence-electron chi connectivity index (χ4n) is 6.08. The number of hydrogen-bond acceptors (Lipinski definition) is 0. The van der Waals surface area contributed by atoms with E-state index < -0.39 is 0 Å². The van der Waals surface area contributed by atoms with Gasteiger partial charge >= 0.3 is 0 Å². The maximum atomic E-state index is 2.62. The van der Waals surface area contributed by atoms with Crippen LogP contribution in [0.4, 0.5) is 0 Å². The van der Waals surface area contributed by atoms with Crippen molar-refractivity contribution in [3.05, 3.63) is 56.6 Å². The van der Waals surface area contributed by atoms with Crippen molar-refractivity contribution in [3.63, 3.8) is 0 Å². The summed E-state index contributed by atoms with van der Waals surface area (Å²) >= 11 is 0. The third kappa shape index (κ3) is 4.79. The molecule has 0 saturated heterocycles. The molecule has 170 valence electrons. The van der Waals surface area contributed by atoms with E-state index in [9.17, 15) is 0 Å². The highest BCUT2D eigenvalue weighted by Crippen LogP contribution is 2.46. The van der Waals surface area contributed by atoms with Crippen LogP contribution in [0, 0.1) is 0 Å². The average Bonchev–Trinajstić information content (AvgIpc) is 3.11. The molecule has 0 N–H and O–H groups in total. The standard InChI is InChI=1S/C31H46/c1-7-13-22-19-24-21-25-20-23(14-8-2)27(16-10-4)29(18-12-6)31(25)30(24)28(17-11-5)26(22)15-9-3/h19-20H,7-18,21H2,1-6H3. The third-order valence-corrected chi connectivity index (χ3v) is 7.12. The molecule has 1 aliphatic rings. The van der Waals surface area contributed by atoms with Gasteiger partial charge < -0.3 is 0 Å². The molecule has 1 aliphatic carbocycles. The first-order chi connectivity index (χ1) is 15.1. The molecular weight excluding hydrogens is 372 g/mol. The van der Waals surface area contributed by atoms with Gasteiger partial charge in [0.15, 0.2) is 0 Å². The lowest BCUT2D eigenvalue weighted by molar-refractivity contribution is 0.821. The summed E-state index contributed by atoms with van der Waals surface area (Å²) in [4.78, 5) is 0. The zero-order chi connectivity index (χ0) is 22.4. The van der Waals surface area contributed by atoms with Gasteiger partial charge in [-0.2, -0.15) is 0 Å². The fraction of sp³-hybridized carbons (Fsp3) is 0.613. The van der Waals surface area contributed by atoms with Crippen LogP contribution in [0.2, 0.25) is 0 Å². The molecule has 0 aromatic heterocycles. The van der Waals surface area contributed by atoms with Crippen molar-refractivity contribution in [2.45, 2.75) is 125 Å². The maximum Gasteiger partial charge on any atom is -0.00130 e. The minimum Gasteiger partial charge on any atom is -0.0651 e. The molecule has 0 aliphatic heterocycles. The van der Waals surface area contributed by atoms with E-state index in [0.717, 1.165) is 6.42 Å². The molecule has 0 radical (unpaired) electrons. The molecule has 0 heteroatoms. The number of aryl methyl sites for hydroxylation is 2. The molecule has 0 spiro atoms. The van der Waals surface area contributed by atoms with E-state index in [2.05, 4.69) is 53.7 Å². The molecule has 0 nitrogen and oxygen atoms in total. The van der Waals surface area contributed by atoms with Crippen LogP contribution in [0.5, 0.6) is 0 Å². The van der Waals surface area contributed by atoms with Crippen molar-refractivity contribution in [1.82, 2.24) is 0 Å². The van der Waals surface area contributed by atoms with E-state index in [1.165, 1.54) is 77.0 Å². The Hall–Kier alpha value is -1.56. The molecule has 31 heavy (non-hydrogen) atoms. The van der Waals surface area contributed by atoms with Crippen LogP contribution in [-0.2, 0) is 44.9 Å². The summed E-state index contributed by atoms with van der Waals surface area (Å²) in [5.74, 6) is 0. The van der Waals surface area contributed by atoms with Gasteiger partial charge in [0, 0.05) is 0 Å². The molecule has 0 unspecified atom stereocenters. The van der Waals surface area contributed by atoms with Gasteiger partial charge in [-0.1, -0.05) is 92.2 Å². The van der Waals surface area contributed by atoms with Crippen molar-refractivity contribution in [1.29, 1.82) is 0 Å². The normalized spacial score (nSPS) is 12.3. The molecule has 0 fully saturated rings. The molecule has 2 aromatic rings. The highest BCUT2D eigenvalue weighted by Gasteiger charge is 2.29. The molecule has 0 atom stereocenters. The van der Waals surface area contributed by atoms with Crippen LogP contribution in [-0.4, -0.2) is 0 Å². The topological polar surface area (TPSA) is 0 Å². The van der Waals surface area contributed by atoms with Gasteiger partial charge in [-0.25, -0.2) is 0 Å². The highest BCUT2D eigenvalue weighted by molar-refractivity contribution is 5.85. The molecule has 0 saturated carbocycles. The summed E-state index contributed by atoms with van der Waals surface area (Å²) in [6, 6.07) is 5.25. The van der Waals surface area contributed by atoms with Crippen LogP contribution in [0.1, 0.15) is 125 Å². The second-order valence-corrected chi connectivity index (χ2v) is 9.73. The van der Waals surface area contributed by atoms with E-state index in [4.69, 9.17) is 0 Å². The lowest BCUT2D eigenvalue weighted by Gasteiger charge is -2.23. The van der Waals surface area contributed by atoms with Crippen LogP contribution in [0.15, 0.2) is 12.1 Å². The summed E-state index contributed by atoms with van der Waals surface area (Å²) in [6.45, 7) is 14.1. The quantitative estimate of drug-likeness (QED) is 0.275. The lowest BCUT2D eigenvalue weighted by Crippen LogP contribution is -2.07. The average molecular weight is 419 g/mol. The van der Waals surface area contributed by atoms with Gasteiger partial charge in [-0.3, -0.25) is 0 Å². The van der Waals surface area contributed by atoms with Crippen LogP contribution in [0.25, 0.3) is 11.1 Å². The van der Waals surface area contributed by atoms with E-state index in [1.807, 2.05) is 0 Å². The van der Waals surface area contributed by atoms with Gasteiger partial charge in [0.2, 0.25) is 0 Å². The summed E-state index contributed by atoms with van der Waals surface area (Å²) in [7, 11) is 0. The van der Waals surface area contributed by atoms with Crippen LogP contribution >= 0.6 is 0 Å². The first-order valence-corrected chi connectivity index (χ1v) is 13.5. The summed E-state index contributed by atoms with van der Waals surface area (Å²) in [5.41, 5.74) is 16.8. The minimum atomic E-state index is 1.16. The SMILES string of the molecule is CCCc1cc2c(c(CCC)c1CCC)-c1c(cc(CCC)c(CCC)c1CCC)C2. The highest BCUT2D eigenvalue weighted by atomic mass is 14.3.